The first-order valence-electron chi connectivity index (χ1n) is 6.39. The molecule has 0 amide bonds. The maximum Gasteiger partial charge on any atom is 0.339 e. The zero-order chi connectivity index (χ0) is 14.1. The summed E-state index contributed by atoms with van der Waals surface area (Å²) in [5, 5.41) is 9.18. The Hall–Kier alpha value is -1.81. The van der Waals surface area contributed by atoms with Crippen LogP contribution in [0, 0.1) is 0 Å². The molecule has 1 N–H and O–H groups in total. The fraction of sp³-hybridized carbons (Fsp3) is 0.188. The topological polar surface area (TPSA) is 46.5 Å². The maximum atomic E-state index is 11.2. The van der Waals surface area contributed by atoms with E-state index in [1.54, 1.807) is 18.2 Å². The van der Waals surface area contributed by atoms with Gasteiger partial charge < -0.3 is 9.84 Å². The van der Waals surface area contributed by atoms with Gasteiger partial charge in [-0.2, -0.15) is 0 Å². The van der Waals surface area contributed by atoms with E-state index in [2.05, 4.69) is 28.1 Å². The van der Waals surface area contributed by atoms with Gasteiger partial charge in [0, 0.05) is 5.92 Å². The Morgan fingerprint density at radius 2 is 2.05 bits per heavy atom. The summed E-state index contributed by atoms with van der Waals surface area (Å²) >= 11 is 3.35. The van der Waals surface area contributed by atoms with E-state index in [-0.39, 0.29) is 5.56 Å². The summed E-state index contributed by atoms with van der Waals surface area (Å²) in [6, 6.07) is 13.3. The summed E-state index contributed by atoms with van der Waals surface area (Å²) in [6.07, 6.45) is 0.989. The van der Waals surface area contributed by atoms with Gasteiger partial charge in [-0.15, -0.1) is 0 Å². The number of benzene rings is 2. The third-order valence-corrected chi connectivity index (χ3v) is 4.21. The summed E-state index contributed by atoms with van der Waals surface area (Å²) in [5.41, 5.74) is 2.84. The number of carboxylic acid groups (broad SMARTS) is 1. The van der Waals surface area contributed by atoms with Gasteiger partial charge in [0.1, 0.15) is 11.3 Å². The molecule has 0 fully saturated rings. The van der Waals surface area contributed by atoms with Crippen molar-refractivity contribution in [2.24, 2.45) is 0 Å². The normalized spacial score (nSPS) is 16.1. The van der Waals surface area contributed by atoms with Crippen LogP contribution in [0.5, 0.6) is 5.75 Å². The highest BCUT2D eigenvalue weighted by molar-refractivity contribution is 9.10. The van der Waals surface area contributed by atoms with Gasteiger partial charge in [0.05, 0.1) is 11.1 Å². The van der Waals surface area contributed by atoms with Crippen molar-refractivity contribution in [2.45, 2.75) is 12.3 Å². The lowest BCUT2D eigenvalue weighted by atomic mass is 9.78. The molecule has 3 rings (SSSR count). The van der Waals surface area contributed by atoms with Crippen LogP contribution in [0.3, 0.4) is 0 Å². The number of hydrogen-bond donors (Lipinski definition) is 1. The van der Waals surface area contributed by atoms with E-state index in [0.717, 1.165) is 6.42 Å². The molecule has 20 heavy (non-hydrogen) atoms. The Morgan fingerprint density at radius 1 is 1.25 bits per heavy atom. The molecule has 1 unspecified atom stereocenters. The van der Waals surface area contributed by atoms with Gasteiger partial charge in [-0.25, -0.2) is 4.79 Å². The van der Waals surface area contributed by atoms with Crippen LogP contribution in [0.4, 0.5) is 0 Å². The SMILES string of the molecule is O=C(O)c1cccc(Br)c1OCC1Cc2ccccc21. The Morgan fingerprint density at radius 3 is 2.80 bits per heavy atom. The molecule has 3 nitrogen and oxygen atoms in total. The van der Waals surface area contributed by atoms with Gasteiger partial charge in [0.15, 0.2) is 0 Å². The smallest absolute Gasteiger partial charge is 0.339 e. The quantitative estimate of drug-likeness (QED) is 0.924. The van der Waals surface area contributed by atoms with Crippen LogP contribution in [0.1, 0.15) is 27.4 Å². The molecule has 0 spiro atoms. The predicted octanol–water partition coefficient (Wildman–Crippen LogP) is 3.87. The predicted molar refractivity (Wildman–Crippen MR) is 79.5 cm³/mol. The van der Waals surface area contributed by atoms with Crippen LogP contribution in [0.15, 0.2) is 46.9 Å². The Kier molecular flexibility index (Phi) is 3.49. The van der Waals surface area contributed by atoms with Crippen LogP contribution in [-0.2, 0) is 6.42 Å². The average molecular weight is 333 g/mol. The minimum atomic E-state index is -0.977. The molecule has 1 aliphatic carbocycles. The zero-order valence-electron chi connectivity index (χ0n) is 10.7. The third-order valence-electron chi connectivity index (χ3n) is 3.59. The van der Waals surface area contributed by atoms with Crippen molar-refractivity contribution in [3.63, 3.8) is 0 Å². The van der Waals surface area contributed by atoms with Crippen LogP contribution < -0.4 is 4.74 Å². The Labute approximate surface area is 125 Å². The average Bonchev–Trinajstić information content (AvgIpc) is 2.41. The highest BCUT2D eigenvalue weighted by Crippen LogP contribution is 2.36. The van der Waals surface area contributed by atoms with Crippen molar-refractivity contribution in [2.75, 3.05) is 6.61 Å². The van der Waals surface area contributed by atoms with E-state index >= 15 is 0 Å². The Balaban J connectivity index is 1.76. The van der Waals surface area contributed by atoms with E-state index in [1.807, 2.05) is 12.1 Å². The molecule has 0 saturated carbocycles. The van der Waals surface area contributed by atoms with E-state index in [1.165, 1.54) is 11.1 Å². The van der Waals surface area contributed by atoms with Crippen LogP contribution in [-0.4, -0.2) is 17.7 Å². The van der Waals surface area contributed by atoms with Crippen LogP contribution in [0.2, 0.25) is 0 Å². The van der Waals surface area contributed by atoms with Gasteiger partial charge >= 0.3 is 5.97 Å². The van der Waals surface area contributed by atoms with Crippen LogP contribution in [0.25, 0.3) is 0 Å². The second-order valence-electron chi connectivity index (χ2n) is 4.83. The van der Waals surface area contributed by atoms with Crippen molar-refractivity contribution in [3.8, 4) is 5.75 Å². The fourth-order valence-corrected chi connectivity index (χ4v) is 3.00. The molecule has 0 bridgehead atoms. The lowest BCUT2D eigenvalue weighted by Crippen LogP contribution is -2.23. The first kappa shape index (κ1) is 13.2. The minimum Gasteiger partial charge on any atom is -0.491 e. The van der Waals surface area contributed by atoms with E-state index in [0.29, 0.717) is 22.7 Å². The molecule has 1 aliphatic rings. The number of hydrogen-bond acceptors (Lipinski definition) is 2. The lowest BCUT2D eigenvalue weighted by molar-refractivity contribution is 0.0691. The van der Waals surface area contributed by atoms with E-state index in [9.17, 15) is 9.90 Å². The highest BCUT2D eigenvalue weighted by Gasteiger charge is 2.26. The molecule has 0 radical (unpaired) electrons. The summed E-state index contributed by atoms with van der Waals surface area (Å²) in [6.45, 7) is 0.500. The summed E-state index contributed by atoms with van der Waals surface area (Å²) < 4.78 is 6.43. The summed E-state index contributed by atoms with van der Waals surface area (Å²) in [4.78, 5) is 11.2. The van der Waals surface area contributed by atoms with Gasteiger partial charge in [0.2, 0.25) is 0 Å². The first-order valence-corrected chi connectivity index (χ1v) is 7.18. The zero-order valence-corrected chi connectivity index (χ0v) is 12.3. The van der Waals surface area contributed by atoms with Crippen molar-refractivity contribution in [1.82, 2.24) is 0 Å². The minimum absolute atomic E-state index is 0.187. The number of ether oxygens (including phenoxy) is 1. The van der Waals surface area contributed by atoms with E-state index < -0.39 is 5.97 Å². The van der Waals surface area contributed by atoms with Gasteiger partial charge in [-0.3, -0.25) is 0 Å². The third kappa shape index (κ3) is 2.31. The molecule has 0 aromatic heterocycles. The van der Waals surface area contributed by atoms with Crippen molar-refractivity contribution < 1.29 is 14.6 Å². The number of carboxylic acids is 1. The molecule has 2 aromatic carbocycles. The second-order valence-corrected chi connectivity index (χ2v) is 5.69. The molecule has 4 heteroatoms. The number of rotatable bonds is 4. The molecular weight excluding hydrogens is 320 g/mol. The summed E-state index contributed by atoms with van der Waals surface area (Å²) in [5.74, 6) is -0.223. The number of halogens is 1. The number of para-hydroxylation sites is 1. The van der Waals surface area contributed by atoms with Gasteiger partial charge in [-0.05, 0) is 45.6 Å². The van der Waals surface area contributed by atoms with Gasteiger partial charge in [0.25, 0.3) is 0 Å². The van der Waals surface area contributed by atoms with Crippen molar-refractivity contribution in [1.29, 1.82) is 0 Å². The first-order chi connectivity index (χ1) is 9.66. The summed E-state index contributed by atoms with van der Waals surface area (Å²) in [7, 11) is 0. The number of fused-ring (bicyclic) bond motifs is 1. The molecule has 0 heterocycles. The van der Waals surface area contributed by atoms with Crippen molar-refractivity contribution >= 4 is 21.9 Å². The lowest BCUT2D eigenvalue weighted by Gasteiger charge is -2.30. The maximum absolute atomic E-state index is 11.2. The largest absolute Gasteiger partial charge is 0.491 e. The standard InChI is InChI=1S/C16H13BrO3/c17-14-7-3-6-13(16(18)19)15(14)20-9-11-8-10-4-1-2-5-12(10)11/h1-7,11H,8-9H2,(H,18,19). The number of aromatic carboxylic acids is 1. The molecule has 102 valence electrons. The monoisotopic (exact) mass is 332 g/mol. The molecular formula is C16H13BrO3. The second kappa shape index (κ2) is 5.29. The molecule has 2 aromatic rings. The van der Waals surface area contributed by atoms with Gasteiger partial charge in [-0.1, -0.05) is 30.3 Å². The molecule has 1 atom stereocenters. The van der Waals surface area contributed by atoms with Crippen molar-refractivity contribution in [3.05, 3.63) is 63.6 Å². The van der Waals surface area contributed by atoms with E-state index in [4.69, 9.17) is 4.74 Å². The fourth-order valence-electron chi connectivity index (χ4n) is 2.52. The molecule has 0 aliphatic heterocycles. The highest BCUT2D eigenvalue weighted by atomic mass is 79.9. The number of carbonyl (C=O) groups is 1. The van der Waals surface area contributed by atoms with Crippen LogP contribution >= 0.6 is 15.9 Å². The molecule has 0 saturated heterocycles. The Bertz CT molecular complexity index is 667.